The van der Waals surface area contributed by atoms with Gasteiger partial charge in [0.15, 0.2) is 11.6 Å². The molecule has 10 heteroatoms. The van der Waals surface area contributed by atoms with Crippen molar-refractivity contribution in [2.45, 2.75) is 26.8 Å². The summed E-state index contributed by atoms with van der Waals surface area (Å²) in [7, 11) is 0. The molecule has 4 rings (SSSR count). The van der Waals surface area contributed by atoms with Gasteiger partial charge in [0.2, 0.25) is 0 Å². The number of nitrogens with one attached hydrogen (secondary N) is 2. The molecule has 0 radical (unpaired) electrons. The number of ether oxygens (including phenoxy) is 1. The van der Waals surface area contributed by atoms with Crippen molar-refractivity contribution in [2.24, 2.45) is 0 Å². The van der Waals surface area contributed by atoms with Crippen molar-refractivity contribution in [3.05, 3.63) is 34.1 Å². The Morgan fingerprint density at radius 1 is 1.19 bits per heavy atom. The van der Waals surface area contributed by atoms with Gasteiger partial charge >= 0.3 is 6.36 Å². The van der Waals surface area contributed by atoms with Gasteiger partial charge in [0, 0.05) is 17.7 Å². The van der Waals surface area contributed by atoms with Crippen LogP contribution in [-0.4, -0.2) is 16.3 Å². The van der Waals surface area contributed by atoms with Crippen LogP contribution in [0.4, 0.5) is 23.2 Å². The van der Waals surface area contributed by atoms with Crippen molar-refractivity contribution in [1.29, 1.82) is 0 Å². The molecule has 1 aliphatic heterocycles. The molecule has 1 aliphatic rings. The topological polar surface area (TPSA) is 59.1 Å². The maximum absolute atomic E-state index is 14.7. The van der Waals surface area contributed by atoms with E-state index in [9.17, 15) is 17.6 Å². The standard InChI is InChI=1S/C16H12F4N4OS/c1-6-11(9-3-4-10-15(23-9)26-7(2)22-10)8-5-21-24-13(8)14(12(6)17)25-16(18,19)20/h3-4,21,24H,5H2,1-2H3. The molecule has 0 saturated carbocycles. The quantitative estimate of drug-likeness (QED) is 0.640. The van der Waals surface area contributed by atoms with Crippen LogP contribution in [0.15, 0.2) is 12.1 Å². The molecule has 0 spiro atoms. The second-order valence-electron chi connectivity index (χ2n) is 5.78. The summed E-state index contributed by atoms with van der Waals surface area (Å²) in [6.07, 6.45) is -5.00. The lowest BCUT2D eigenvalue weighted by Crippen LogP contribution is -2.20. The highest BCUT2D eigenvalue weighted by atomic mass is 32.1. The highest BCUT2D eigenvalue weighted by molar-refractivity contribution is 7.18. The summed E-state index contributed by atoms with van der Waals surface area (Å²) in [5.41, 5.74) is 7.36. The second kappa shape index (κ2) is 5.78. The molecule has 0 saturated heterocycles. The first-order valence-electron chi connectivity index (χ1n) is 7.58. The number of hydrogen-bond donors (Lipinski definition) is 2. The minimum atomic E-state index is -5.00. The van der Waals surface area contributed by atoms with E-state index in [4.69, 9.17) is 0 Å². The van der Waals surface area contributed by atoms with E-state index in [1.54, 1.807) is 12.1 Å². The Morgan fingerprint density at radius 3 is 2.69 bits per heavy atom. The average Bonchev–Trinajstić information content (AvgIpc) is 3.16. The zero-order valence-electron chi connectivity index (χ0n) is 13.6. The van der Waals surface area contributed by atoms with E-state index >= 15 is 0 Å². The van der Waals surface area contributed by atoms with E-state index in [2.05, 4.69) is 25.6 Å². The number of pyridine rings is 1. The minimum Gasteiger partial charge on any atom is -0.400 e. The molecule has 136 valence electrons. The highest BCUT2D eigenvalue weighted by Gasteiger charge is 2.37. The average molecular weight is 384 g/mol. The zero-order chi connectivity index (χ0) is 18.6. The lowest BCUT2D eigenvalue weighted by molar-refractivity contribution is -0.275. The summed E-state index contributed by atoms with van der Waals surface area (Å²) in [5.74, 6) is -1.94. The van der Waals surface area contributed by atoms with E-state index in [1.807, 2.05) is 6.92 Å². The van der Waals surface area contributed by atoms with Crippen molar-refractivity contribution in [3.8, 4) is 17.0 Å². The van der Waals surface area contributed by atoms with Crippen LogP contribution in [0, 0.1) is 19.7 Å². The Balaban J connectivity index is 1.94. The number of hydrogen-bond acceptors (Lipinski definition) is 6. The van der Waals surface area contributed by atoms with Gasteiger partial charge in [0.05, 0.1) is 16.4 Å². The minimum absolute atomic E-state index is 0.0431. The fourth-order valence-electron chi connectivity index (χ4n) is 3.03. The molecule has 5 nitrogen and oxygen atoms in total. The van der Waals surface area contributed by atoms with Crippen LogP contribution in [0.1, 0.15) is 16.1 Å². The summed E-state index contributed by atoms with van der Waals surface area (Å²) >= 11 is 1.39. The molecule has 0 atom stereocenters. The highest BCUT2D eigenvalue weighted by Crippen LogP contribution is 2.45. The smallest absolute Gasteiger partial charge is 0.400 e. The van der Waals surface area contributed by atoms with Gasteiger partial charge in [-0.2, -0.15) is 0 Å². The van der Waals surface area contributed by atoms with Crippen molar-refractivity contribution in [2.75, 3.05) is 5.43 Å². The summed E-state index contributed by atoms with van der Waals surface area (Å²) in [4.78, 5) is 9.53. The molecular formula is C16H12F4N4OS. The molecule has 26 heavy (non-hydrogen) atoms. The van der Waals surface area contributed by atoms with E-state index in [1.165, 1.54) is 18.3 Å². The van der Waals surface area contributed by atoms with Crippen LogP contribution in [0.25, 0.3) is 21.6 Å². The van der Waals surface area contributed by atoms with E-state index in [0.717, 1.165) is 10.5 Å². The van der Waals surface area contributed by atoms with Crippen LogP contribution in [-0.2, 0) is 6.54 Å². The molecule has 0 amide bonds. The number of hydrazine groups is 1. The van der Waals surface area contributed by atoms with Crippen molar-refractivity contribution < 1.29 is 22.3 Å². The third-order valence-electron chi connectivity index (χ3n) is 4.05. The van der Waals surface area contributed by atoms with Crippen LogP contribution < -0.4 is 15.6 Å². The molecule has 2 aromatic heterocycles. The first-order chi connectivity index (χ1) is 12.2. The van der Waals surface area contributed by atoms with E-state index in [0.29, 0.717) is 21.7 Å². The summed E-state index contributed by atoms with van der Waals surface area (Å²) < 4.78 is 56.6. The van der Waals surface area contributed by atoms with E-state index < -0.39 is 17.9 Å². The predicted molar refractivity (Wildman–Crippen MR) is 89.4 cm³/mol. The van der Waals surface area contributed by atoms with Gasteiger partial charge < -0.3 is 10.2 Å². The van der Waals surface area contributed by atoms with Crippen LogP contribution in [0.5, 0.6) is 5.75 Å². The predicted octanol–water partition coefficient (Wildman–Crippen LogP) is 4.44. The largest absolute Gasteiger partial charge is 0.573 e. The van der Waals surface area contributed by atoms with Gasteiger partial charge in [-0.15, -0.1) is 13.2 Å². The van der Waals surface area contributed by atoms with Gasteiger partial charge in [-0.3, -0.25) is 0 Å². The number of halogens is 4. The van der Waals surface area contributed by atoms with Gasteiger partial charge in [0.1, 0.15) is 10.3 Å². The van der Waals surface area contributed by atoms with Crippen molar-refractivity contribution in [3.63, 3.8) is 0 Å². The van der Waals surface area contributed by atoms with Gasteiger partial charge in [-0.05, 0) is 31.5 Å². The van der Waals surface area contributed by atoms with Gasteiger partial charge in [0.25, 0.3) is 0 Å². The number of nitrogens with zero attached hydrogens (tertiary/aromatic N) is 2. The first-order valence-corrected chi connectivity index (χ1v) is 8.40. The molecule has 3 aromatic rings. The Morgan fingerprint density at radius 2 is 1.96 bits per heavy atom. The molecule has 2 N–H and O–H groups in total. The van der Waals surface area contributed by atoms with E-state index in [-0.39, 0.29) is 17.8 Å². The lowest BCUT2D eigenvalue weighted by Gasteiger charge is -2.18. The first kappa shape index (κ1) is 17.0. The molecule has 0 aliphatic carbocycles. The fraction of sp³-hybridized carbons (Fsp3) is 0.250. The van der Waals surface area contributed by atoms with Gasteiger partial charge in [-0.25, -0.2) is 19.8 Å². The third kappa shape index (κ3) is 2.74. The maximum atomic E-state index is 14.7. The number of benzene rings is 1. The van der Waals surface area contributed by atoms with Crippen molar-refractivity contribution in [1.82, 2.24) is 15.4 Å². The van der Waals surface area contributed by atoms with Crippen molar-refractivity contribution >= 4 is 27.4 Å². The number of thiazole rings is 1. The van der Waals surface area contributed by atoms with Gasteiger partial charge in [-0.1, -0.05) is 11.3 Å². The number of fused-ring (bicyclic) bond motifs is 2. The Bertz CT molecular complexity index is 1030. The normalized spacial score (nSPS) is 13.8. The molecule has 0 fully saturated rings. The number of anilines is 1. The summed E-state index contributed by atoms with van der Waals surface area (Å²) in [6.45, 7) is 3.48. The molecule has 0 unspecified atom stereocenters. The maximum Gasteiger partial charge on any atom is 0.573 e. The molecule has 3 heterocycles. The van der Waals surface area contributed by atoms with Crippen LogP contribution in [0.2, 0.25) is 0 Å². The summed E-state index contributed by atoms with van der Waals surface area (Å²) in [6, 6.07) is 3.45. The molecule has 0 bridgehead atoms. The van der Waals surface area contributed by atoms with Crippen LogP contribution in [0.3, 0.4) is 0 Å². The number of aromatic nitrogens is 2. The Hall–Kier alpha value is -2.46. The monoisotopic (exact) mass is 384 g/mol. The fourth-order valence-corrected chi connectivity index (χ4v) is 3.82. The molecular weight excluding hydrogens is 372 g/mol. The number of aryl methyl sites for hydroxylation is 1. The third-order valence-corrected chi connectivity index (χ3v) is 4.93. The number of rotatable bonds is 2. The Labute approximate surface area is 149 Å². The molecule has 1 aromatic carbocycles. The second-order valence-corrected chi connectivity index (χ2v) is 6.96. The SMILES string of the molecule is Cc1nc2ccc(-c3c(C)c(F)c(OC(F)(F)F)c4c3CNN4)nc2s1. The number of alkyl halides is 3. The summed E-state index contributed by atoms with van der Waals surface area (Å²) in [5, 5.41) is 0.843. The Kier molecular flexibility index (Phi) is 3.77. The van der Waals surface area contributed by atoms with Crippen LogP contribution >= 0.6 is 11.3 Å². The lowest BCUT2D eigenvalue weighted by atomic mass is 9.96. The zero-order valence-corrected chi connectivity index (χ0v) is 14.4.